The molecule has 0 atom stereocenters. The van der Waals surface area contributed by atoms with Crippen molar-refractivity contribution in [2.45, 2.75) is 13.5 Å². The molecule has 1 aromatic rings. The summed E-state index contributed by atoms with van der Waals surface area (Å²) in [6.07, 6.45) is 0. The fraction of sp³-hybridized carbons (Fsp3) is 0.417. The number of aliphatic hydroxyl groups excluding tert-OH is 1. The van der Waals surface area contributed by atoms with Crippen molar-refractivity contribution in [2.75, 3.05) is 25.0 Å². The summed E-state index contributed by atoms with van der Waals surface area (Å²) in [4.78, 5) is 13.9. The van der Waals surface area contributed by atoms with Crippen LogP contribution in [-0.2, 0) is 6.54 Å². The van der Waals surface area contributed by atoms with E-state index >= 15 is 0 Å². The quantitative estimate of drug-likeness (QED) is 0.708. The summed E-state index contributed by atoms with van der Waals surface area (Å²) in [5.41, 5.74) is 3.00. The first-order valence-corrected chi connectivity index (χ1v) is 5.73. The second-order valence-electron chi connectivity index (χ2n) is 4.07. The van der Waals surface area contributed by atoms with E-state index < -0.39 is 0 Å². The largest absolute Gasteiger partial charge is 0.395 e. The molecule has 88 valence electrons. The number of nitrogens with zero attached hydrogens (tertiary/aromatic N) is 1. The Labute approximate surface area is 102 Å². The molecule has 0 saturated carbocycles. The van der Waals surface area contributed by atoms with E-state index in [0.717, 1.165) is 11.3 Å². The molecule has 2 rings (SSSR count). The molecule has 0 bridgehead atoms. The number of amides is 1. The topological polar surface area (TPSA) is 52.6 Å². The van der Waals surface area contributed by atoms with Crippen LogP contribution in [0.4, 0.5) is 5.69 Å². The Morgan fingerprint density at radius 2 is 2.29 bits per heavy atom. The van der Waals surface area contributed by atoms with Crippen LogP contribution in [0.25, 0.3) is 0 Å². The predicted molar refractivity (Wildman–Crippen MR) is 67.8 cm³/mol. The molecule has 4 nitrogen and oxygen atoms in total. The maximum absolute atomic E-state index is 12.1. The van der Waals surface area contributed by atoms with Gasteiger partial charge in [0.15, 0.2) is 0 Å². The average Bonchev–Trinajstić information content (AvgIpc) is 2.62. The lowest BCUT2D eigenvalue weighted by Crippen LogP contribution is -2.23. The number of rotatable bonds is 4. The average molecular weight is 230 g/mol. The fourth-order valence-corrected chi connectivity index (χ4v) is 2.13. The van der Waals surface area contributed by atoms with E-state index in [2.05, 4.69) is 5.32 Å². The van der Waals surface area contributed by atoms with Gasteiger partial charge in [-0.05, 0) is 18.6 Å². The van der Waals surface area contributed by atoms with Crippen LogP contribution in [0.1, 0.15) is 22.8 Å². The van der Waals surface area contributed by atoms with Gasteiger partial charge in [0.05, 0.1) is 12.2 Å². The molecular formula is C12H15BN2O2. The molecule has 2 radical (unpaired) electrons. The van der Waals surface area contributed by atoms with Crippen LogP contribution >= 0.6 is 0 Å². The molecule has 1 heterocycles. The van der Waals surface area contributed by atoms with Crippen LogP contribution in [0.3, 0.4) is 0 Å². The molecule has 0 aliphatic carbocycles. The van der Waals surface area contributed by atoms with Crippen molar-refractivity contribution in [3.63, 3.8) is 0 Å². The molecule has 0 saturated heterocycles. The highest BCUT2D eigenvalue weighted by Crippen LogP contribution is 2.28. The number of aliphatic hydroxyl groups is 1. The summed E-state index contributed by atoms with van der Waals surface area (Å²) in [5.74, 6) is 0.0305. The molecule has 2 N–H and O–H groups in total. The van der Waals surface area contributed by atoms with Crippen LogP contribution < -0.4 is 10.8 Å². The first-order valence-electron chi connectivity index (χ1n) is 5.73. The van der Waals surface area contributed by atoms with Crippen LogP contribution in [0, 0.1) is 0 Å². The highest BCUT2D eigenvalue weighted by molar-refractivity contribution is 6.33. The molecule has 0 spiro atoms. The lowest BCUT2D eigenvalue weighted by molar-refractivity contribution is 0.0788. The Morgan fingerprint density at radius 1 is 1.53 bits per heavy atom. The number of carbonyl (C=O) groups excluding carboxylic acids is 1. The molecule has 17 heavy (non-hydrogen) atoms. The van der Waals surface area contributed by atoms with Gasteiger partial charge in [-0.15, -0.1) is 0 Å². The Morgan fingerprint density at radius 3 is 2.94 bits per heavy atom. The number of anilines is 1. The molecule has 1 amide bonds. The SMILES string of the molecule is [B]c1cc2c(c(NCCO)c1)C(=O)N(CC)C2. The van der Waals surface area contributed by atoms with E-state index in [0.29, 0.717) is 30.7 Å². The summed E-state index contributed by atoms with van der Waals surface area (Å²) < 4.78 is 0. The van der Waals surface area contributed by atoms with Crippen LogP contribution in [-0.4, -0.2) is 43.5 Å². The minimum Gasteiger partial charge on any atom is -0.395 e. The molecular weight excluding hydrogens is 215 g/mol. The van der Waals surface area contributed by atoms with Crippen LogP contribution in [0.15, 0.2) is 12.1 Å². The summed E-state index contributed by atoms with van der Waals surface area (Å²) in [5, 5.41) is 11.9. The molecule has 0 fully saturated rings. The van der Waals surface area contributed by atoms with E-state index in [1.54, 1.807) is 11.0 Å². The van der Waals surface area contributed by atoms with Crippen LogP contribution in [0.5, 0.6) is 0 Å². The molecule has 1 aliphatic rings. The highest BCUT2D eigenvalue weighted by Gasteiger charge is 2.28. The second-order valence-corrected chi connectivity index (χ2v) is 4.07. The van der Waals surface area contributed by atoms with Gasteiger partial charge >= 0.3 is 0 Å². The minimum absolute atomic E-state index is 0.0231. The molecule has 5 heteroatoms. The van der Waals surface area contributed by atoms with Crippen molar-refractivity contribution in [3.8, 4) is 0 Å². The van der Waals surface area contributed by atoms with Gasteiger partial charge in [0, 0.05) is 25.3 Å². The highest BCUT2D eigenvalue weighted by atomic mass is 16.3. The zero-order valence-electron chi connectivity index (χ0n) is 9.86. The van der Waals surface area contributed by atoms with E-state index in [-0.39, 0.29) is 12.5 Å². The molecule has 1 aliphatic heterocycles. The molecule has 0 unspecified atom stereocenters. The number of nitrogens with one attached hydrogen (secondary N) is 1. The van der Waals surface area contributed by atoms with E-state index in [1.165, 1.54) is 0 Å². The maximum atomic E-state index is 12.1. The zero-order chi connectivity index (χ0) is 12.4. The van der Waals surface area contributed by atoms with Gasteiger partial charge in [-0.2, -0.15) is 0 Å². The van der Waals surface area contributed by atoms with Gasteiger partial charge in [0.1, 0.15) is 7.85 Å². The first-order chi connectivity index (χ1) is 8.17. The van der Waals surface area contributed by atoms with Crippen molar-refractivity contribution in [2.24, 2.45) is 0 Å². The smallest absolute Gasteiger partial charge is 0.256 e. The van der Waals surface area contributed by atoms with Gasteiger partial charge in [-0.25, -0.2) is 0 Å². The third kappa shape index (κ3) is 2.15. The monoisotopic (exact) mass is 230 g/mol. The number of hydrogen-bond donors (Lipinski definition) is 2. The van der Waals surface area contributed by atoms with Gasteiger partial charge in [-0.1, -0.05) is 11.5 Å². The Balaban J connectivity index is 2.39. The number of benzene rings is 1. The third-order valence-corrected chi connectivity index (χ3v) is 2.91. The zero-order valence-corrected chi connectivity index (χ0v) is 9.86. The number of hydrogen-bond acceptors (Lipinski definition) is 3. The van der Waals surface area contributed by atoms with Crippen molar-refractivity contribution < 1.29 is 9.90 Å². The summed E-state index contributed by atoms with van der Waals surface area (Å²) in [6.45, 7) is 3.69. The first kappa shape index (κ1) is 12.0. The summed E-state index contributed by atoms with van der Waals surface area (Å²) in [7, 11) is 5.80. The Bertz CT molecular complexity index is 448. The van der Waals surface area contributed by atoms with Gasteiger partial charge < -0.3 is 15.3 Å². The Hall–Kier alpha value is -1.49. The van der Waals surface area contributed by atoms with Crippen molar-refractivity contribution >= 4 is 24.9 Å². The van der Waals surface area contributed by atoms with Gasteiger partial charge in [0.2, 0.25) is 0 Å². The third-order valence-electron chi connectivity index (χ3n) is 2.91. The lowest BCUT2D eigenvalue weighted by Gasteiger charge is -2.12. The molecule has 0 aromatic heterocycles. The second kappa shape index (κ2) is 4.79. The van der Waals surface area contributed by atoms with Gasteiger partial charge in [0.25, 0.3) is 5.91 Å². The summed E-state index contributed by atoms with van der Waals surface area (Å²) >= 11 is 0. The van der Waals surface area contributed by atoms with Crippen LogP contribution in [0.2, 0.25) is 0 Å². The number of fused-ring (bicyclic) bond motifs is 1. The Kier molecular flexibility index (Phi) is 3.38. The van der Waals surface area contributed by atoms with Crippen molar-refractivity contribution in [3.05, 3.63) is 23.3 Å². The molecule has 1 aromatic carbocycles. The van der Waals surface area contributed by atoms with Gasteiger partial charge in [-0.3, -0.25) is 4.79 Å². The van der Waals surface area contributed by atoms with E-state index in [4.69, 9.17) is 13.0 Å². The van der Waals surface area contributed by atoms with Crippen molar-refractivity contribution in [1.29, 1.82) is 0 Å². The maximum Gasteiger partial charge on any atom is 0.256 e. The van der Waals surface area contributed by atoms with E-state index in [1.807, 2.05) is 13.0 Å². The van der Waals surface area contributed by atoms with Crippen molar-refractivity contribution in [1.82, 2.24) is 4.90 Å². The number of carbonyl (C=O) groups is 1. The lowest BCUT2D eigenvalue weighted by atomic mass is 9.91. The normalized spacial score (nSPS) is 14.0. The standard InChI is InChI=1S/C12H15BN2O2/c1-2-15-7-8-5-9(13)6-10(14-3-4-16)11(8)12(15)17/h5-6,14,16H,2-4,7H2,1H3. The summed E-state index contributed by atoms with van der Waals surface area (Å²) in [6, 6.07) is 3.58. The predicted octanol–water partition coefficient (Wildman–Crippen LogP) is -0.140. The fourth-order valence-electron chi connectivity index (χ4n) is 2.13. The minimum atomic E-state index is 0.0231. The van der Waals surface area contributed by atoms with E-state index in [9.17, 15) is 4.79 Å².